The maximum absolute atomic E-state index is 12.4. The number of benzene rings is 1. The van der Waals surface area contributed by atoms with E-state index in [4.69, 9.17) is 0 Å². The summed E-state index contributed by atoms with van der Waals surface area (Å²) in [6, 6.07) is 5.36. The van der Waals surface area contributed by atoms with Crippen LogP contribution in [0.5, 0.6) is 0 Å². The highest BCUT2D eigenvalue weighted by molar-refractivity contribution is 7.15. The molecule has 0 saturated carbocycles. The average molecular weight is 344 g/mol. The second-order valence-corrected chi connectivity index (χ2v) is 6.89. The monoisotopic (exact) mass is 344 g/mol. The molecule has 2 amide bonds. The zero-order valence-electron chi connectivity index (χ0n) is 13.6. The van der Waals surface area contributed by atoms with Crippen molar-refractivity contribution in [3.05, 3.63) is 34.3 Å². The molecule has 7 heteroatoms. The Morgan fingerprint density at radius 1 is 1.33 bits per heavy atom. The van der Waals surface area contributed by atoms with E-state index >= 15 is 0 Å². The molecule has 24 heavy (non-hydrogen) atoms. The summed E-state index contributed by atoms with van der Waals surface area (Å²) >= 11 is 1.42. The van der Waals surface area contributed by atoms with Crippen LogP contribution in [-0.2, 0) is 17.6 Å². The SMILES string of the molecule is CCCCc1nnc(NC(=O)c2ccc3c(c2)CCCC(=O)N3)s1. The highest BCUT2D eigenvalue weighted by Crippen LogP contribution is 2.24. The molecule has 1 aliphatic rings. The molecule has 126 valence electrons. The molecule has 1 aromatic heterocycles. The third kappa shape index (κ3) is 3.97. The lowest BCUT2D eigenvalue weighted by molar-refractivity contribution is -0.116. The van der Waals surface area contributed by atoms with Crippen molar-refractivity contribution >= 4 is 34.0 Å². The number of rotatable bonds is 5. The standard InChI is InChI=1S/C17H20N4O2S/c1-2-3-7-15-20-21-17(24-15)19-16(23)12-8-9-13-11(10-12)5-4-6-14(22)18-13/h8-10H,2-7H2,1H3,(H,18,22)(H,19,21,23). The molecule has 6 nitrogen and oxygen atoms in total. The van der Waals surface area contributed by atoms with Gasteiger partial charge < -0.3 is 5.32 Å². The van der Waals surface area contributed by atoms with Crippen molar-refractivity contribution in [2.75, 3.05) is 10.6 Å². The van der Waals surface area contributed by atoms with E-state index in [1.54, 1.807) is 12.1 Å². The van der Waals surface area contributed by atoms with Gasteiger partial charge >= 0.3 is 0 Å². The van der Waals surface area contributed by atoms with Gasteiger partial charge in [-0.3, -0.25) is 14.9 Å². The first-order chi connectivity index (χ1) is 11.7. The average Bonchev–Trinajstić information content (AvgIpc) is 2.92. The molecule has 0 saturated heterocycles. The normalized spacial score (nSPS) is 13.8. The van der Waals surface area contributed by atoms with E-state index in [1.807, 2.05) is 6.07 Å². The number of anilines is 2. The van der Waals surface area contributed by atoms with Gasteiger partial charge in [0.2, 0.25) is 11.0 Å². The van der Waals surface area contributed by atoms with Gasteiger partial charge in [0.15, 0.2) is 0 Å². The summed E-state index contributed by atoms with van der Waals surface area (Å²) < 4.78 is 0. The van der Waals surface area contributed by atoms with E-state index in [0.29, 0.717) is 17.1 Å². The lowest BCUT2D eigenvalue weighted by atomic mass is 10.0. The lowest BCUT2D eigenvalue weighted by Crippen LogP contribution is -2.13. The van der Waals surface area contributed by atoms with E-state index in [2.05, 4.69) is 27.8 Å². The molecule has 0 radical (unpaired) electrons. The number of carbonyl (C=O) groups is 2. The molecule has 1 aromatic carbocycles. The molecular formula is C17H20N4O2S. The van der Waals surface area contributed by atoms with Gasteiger partial charge in [-0.15, -0.1) is 10.2 Å². The van der Waals surface area contributed by atoms with E-state index in [1.165, 1.54) is 11.3 Å². The van der Waals surface area contributed by atoms with Crippen molar-refractivity contribution in [3.8, 4) is 0 Å². The van der Waals surface area contributed by atoms with Crippen LogP contribution in [-0.4, -0.2) is 22.0 Å². The number of fused-ring (bicyclic) bond motifs is 1. The molecular weight excluding hydrogens is 324 g/mol. The summed E-state index contributed by atoms with van der Waals surface area (Å²) in [6.45, 7) is 2.13. The summed E-state index contributed by atoms with van der Waals surface area (Å²) in [5, 5.41) is 15.3. The van der Waals surface area contributed by atoms with Gasteiger partial charge in [-0.1, -0.05) is 24.7 Å². The van der Waals surface area contributed by atoms with Crippen LogP contribution < -0.4 is 10.6 Å². The fourth-order valence-electron chi connectivity index (χ4n) is 2.62. The Kier molecular flexibility index (Phi) is 5.20. The van der Waals surface area contributed by atoms with E-state index in [-0.39, 0.29) is 11.8 Å². The zero-order valence-corrected chi connectivity index (χ0v) is 14.4. The number of hydrogen-bond donors (Lipinski definition) is 2. The first-order valence-electron chi connectivity index (χ1n) is 8.22. The van der Waals surface area contributed by atoms with Crippen molar-refractivity contribution in [1.82, 2.24) is 10.2 Å². The smallest absolute Gasteiger partial charge is 0.257 e. The molecule has 2 heterocycles. The van der Waals surface area contributed by atoms with Gasteiger partial charge in [0.1, 0.15) is 5.01 Å². The summed E-state index contributed by atoms with van der Waals surface area (Å²) in [5.41, 5.74) is 2.36. The minimum absolute atomic E-state index is 0.0272. The van der Waals surface area contributed by atoms with Crippen molar-refractivity contribution in [1.29, 1.82) is 0 Å². The Bertz CT molecular complexity index is 757. The van der Waals surface area contributed by atoms with Crippen LogP contribution in [0.4, 0.5) is 10.8 Å². The van der Waals surface area contributed by atoms with Gasteiger partial charge in [0, 0.05) is 24.1 Å². The minimum atomic E-state index is -0.202. The Labute approximate surface area is 144 Å². The Balaban J connectivity index is 1.70. The van der Waals surface area contributed by atoms with Gasteiger partial charge in [-0.25, -0.2) is 0 Å². The van der Waals surface area contributed by atoms with Crippen LogP contribution in [0, 0.1) is 0 Å². The number of hydrogen-bond acceptors (Lipinski definition) is 5. The van der Waals surface area contributed by atoms with Crippen LogP contribution in [0.1, 0.15) is 53.5 Å². The van der Waals surface area contributed by atoms with E-state index < -0.39 is 0 Å². The predicted octanol–water partition coefficient (Wildman–Crippen LogP) is 3.41. The van der Waals surface area contributed by atoms with Crippen LogP contribution in [0.2, 0.25) is 0 Å². The van der Waals surface area contributed by atoms with E-state index in [0.717, 1.165) is 48.4 Å². The number of nitrogens with zero attached hydrogens (tertiary/aromatic N) is 2. The van der Waals surface area contributed by atoms with Crippen molar-refractivity contribution in [3.63, 3.8) is 0 Å². The Morgan fingerprint density at radius 2 is 2.21 bits per heavy atom. The van der Waals surface area contributed by atoms with Crippen LogP contribution in [0.15, 0.2) is 18.2 Å². The van der Waals surface area contributed by atoms with Gasteiger partial charge in [0.05, 0.1) is 0 Å². The van der Waals surface area contributed by atoms with Crippen molar-refractivity contribution < 1.29 is 9.59 Å². The number of aryl methyl sites for hydroxylation is 2. The molecule has 0 atom stereocenters. The number of amides is 2. The third-order valence-corrected chi connectivity index (χ3v) is 4.82. The zero-order chi connectivity index (χ0) is 16.9. The summed E-state index contributed by atoms with van der Waals surface area (Å²) in [5.74, 6) is -0.175. The second-order valence-electron chi connectivity index (χ2n) is 5.83. The lowest BCUT2D eigenvalue weighted by Gasteiger charge is -2.08. The van der Waals surface area contributed by atoms with Crippen LogP contribution >= 0.6 is 11.3 Å². The number of unbranched alkanes of at least 4 members (excludes halogenated alkanes) is 1. The molecule has 0 aliphatic carbocycles. The summed E-state index contributed by atoms with van der Waals surface area (Å²) in [7, 11) is 0. The Morgan fingerprint density at radius 3 is 3.04 bits per heavy atom. The Hall–Kier alpha value is -2.28. The molecule has 1 aliphatic heterocycles. The molecule has 0 spiro atoms. The van der Waals surface area contributed by atoms with Crippen molar-refractivity contribution in [2.45, 2.75) is 45.4 Å². The van der Waals surface area contributed by atoms with Gasteiger partial charge in [0.25, 0.3) is 5.91 Å². The van der Waals surface area contributed by atoms with E-state index in [9.17, 15) is 9.59 Å². The van der Waals surface area contributed by atoms with Gasteiger partial charge in [-0.2, -0.15) is 0 Å². The highest BCUT2D eigenvalue weighted by Gasteiger charge is 2.16. The number of nitrogens with one attached hydrogen (secondary N) is 2. The third-order valence-electron chi connectivity index (χ3n) is 3.92. The van der Waals surface area contributed by atoms with Gasteiger partial charge in [-0.05, 0) is 43.0 Å². The fraction of sp³-hybridized carbons (Fsp3) is 0.412. The number of aromatic nitrogens is 2. The highest BCUT2D eigenvalue weighted by atomic mass is 32.1. The summed E-state index contributed by atoms with van der Waals surface area (Å²) in [4.78, 5) is 24.0. The van der Waals surface area contributed by atoms with Crippen LogP contribution in [0.25, 0.3) is 0 Å². The topological polar surface area (TPSA) is 84.0 Å². The second kappa shape index (κ2) is 7.53. The first kappa shape index (κ1) is 16.6. The first-order valence-corrected chi connectivity index (χ1v) is 9.04. The minimum Gasteiger partial charge on any atom is -0.326 e. The maximum atomic E-state index is 12.4. The summed E-state index contributed by atoms with van der Waals surface area (Å²) in [6.07, 6.45) is 5.16. The molecule has 0 fully saturated rings. The quantitative estimate of drug-likeness (QED) is 0.870. The van der Waals surface area contributed by atoms with Crippen LogP contribution in [0.3, 0.4) is 0 Å². The maximum Gasteiger partial charge on any atom is 0.257 e. The largest absolute Gasteiger partial charge is 0.326 e. The van der Waals surface area contributed by atoms with Crippen molar-refractivity contribution in [2.24, 2.45) is 0 Å². The molecule has 2 N–H and O–H groups in total. The predicted molar refractivity (Wildman–Crippen MR) is 94.5 cm³/mol. The molecule has 0 bridgehead atoms. The molecule has 3 rings (SSSR count). The fourth-order valence-corrected chi connectivity index (χ4v) is 3.39. The molecule has 0 unspecified atom stereocenters. The molecule has 2 aromatic rings. The number of carbonyl (C=O) groups excluding carboxylic acids is 2.